The van der Waals surface area contributed by atoms with Crippen LogP contribution in [0.2, 0.25) is 0 Å². The molecular weight excluding hydrogens is 216 g/mol. The van der Waals surface area contributed by atoms with Gasteiger partial charge in [0.25, 0.3) is 0 Å². The van der Waals surface area contributed by atoms with Gasteiger partial charge in [0.1, 0.15) is 5.60 Å². The standard InChI is InChI=1S/C14H20O3/c1-11(2)8-4-6-12(11,3)14-9(17-14)5-7-13(14,16)10(8)15/h8-9,16H,4-7H2,1-3H3/t8?,9-,12?,13+,14-/m0/s1. The Kier molecular flexibility index (Phi) is 1.45. The van der Waals surface area contributed by atoms with Gasteiger partial charge in [-0.3, -0.25) is 4.79 Å². The van der Waals surface area contributed by atoms with Gasteiger partial charge in [-0.05, 0) is 31.1 Å². The van der Waals surface area contributed by atoms with E-state index in [2.05, 4.69) is 20.8 Å². The predicted molar refractivity (Wildman–Crippen MR) is 61.4 cm³/mol. The molecule has 3 saturated carbocycles. The lowest BCUT2D eigenvalue weighted by Gasteiger charge is -2.54. The zero-order chi connectivity index (χ0) is 12.3. The fourth-order valence-electron chi connectivity index (χ4n) is 5.50. The Hall–Kier alpha value is -0.410. The molecule has 0 aromatic heterocycles. The molecular formula is C14H20O3. The lowest BCUT2D eigenvalue weighted by atomic mass is 9.49. The molecule has 1 N–H and O–H groups in total. The number of fused-ring (bicyclic) bond motifs is 2. The molecule has 3 aliphatic carbocycles. The van der Waals surface area contributed by atoms with E-state index in [4.69, 9.17) is 4.74 Å². The summed E-state index contributed by atoms with van der Waals surface area (Å²) in [4.78, 5) is 12.6. The summed E-state index contributed by atoms with van der Waals surface area (Å²) in [6.07, 6.45) is 3.51. The number of ketones is 1. The minimum absolute atomic E-state index is 0.0195. The van der Waals surface area contributed by atoms with E-state index < -0.39 is 11.2 Å². The van der Waals surface area contributed by atoms with Gasteiger partial charge in [-0.25, -0.2) is 0 Å². The highest BCUT2D eigenvalue weighted by Crippen LogP contribution is 2.78. The average Bonchev–Trinajstić information content (AvgIpc) is 2.88. The van der Waals surface area contributed by atoms with Crippen LogP contribution >= 0.6 is 0 Å². The van der Waals surface area contributed by atoms with E-state index in [1.165, 1.54) is 0 Å². The molecule has 3 nitrogen and oxygen atoms in total. The fraction of sp³-hybridized carbons (Fsp3) is 0.929. The zero-order valence-corrected chi connectivity index (χ0v) is 10.7. The number of Topliss-reactive ketones (excluding diaryl/α,β-unsaturated/α-hetero) is 1. The van der Waals surface area contributed by atoms with Crippen molar-refractivity contribution in [2.45, 2.75) is 63.8 Å². The molecule has 94 valence electrons. The Balaban J connectivity index is 1.99. The van der Waals surface area contributed by atoms with E-state index in [9.17, 15) is 9.90 Å². The third-order valence-electron chi connectivity index (χ3n) is 6.88. The first-order valence-electron chi connectivity index (χ1n) is 6.76. The van der Waals surface area contributed by atoms with Gasteiger partial charge in [-0.1, -0.05) is 20.8 Å². The number of hydrogen-bond acceptors (Lipinski definition) is 3. The summed E-state index contributed by atoms with van der Waals surface area (Å²) in [5.41, 5.74) is -1.82. The van der Waals surface area contributed by atoms with Crippen molar-refractivity contribution < 1.29 is 14.6 Å². The maximum absolute atomic E-state index is 12.6. The molecule has 4 rings (SSSR count). The van der Waals surface area contributed by atoms with Crippen LogP contribution in [0.1, 0.15) is 46.5 Å². The van der Waals surface area contributed by atoms with Crippen LogP contribution in [-0.4, -0.2) is 28.2 Å². The quantitative estimate of drug-likeness (QED) is 0.651. The summed E-state index contributed by atoms with van der Waals surface area (Å²) < 4.78 is 5.92. The van der Waals surface area contributed by atoms with Crippen LogP contribution in [0.25, 0.3) is 0 Å². The van der Waals surface area contributed by atoms with Crippen LogP contribution in [0.4, 0.5) is 0 Å². The highest BCUT2D eigenvalue weighted by Gasteiger charge is 2.88. The van der Waals surface area contributed by atoms with Crippen LogP contribution in [0.15, 0.2) is 0 Å². The minimum Gasteiger partial charge on any atom is -0.379 e. The molecule has 4 aliphatic rings. The molecule has 4 fully saturated rings. The third-order valence-corrected chi connectivity index (χ3v) is 6.88. The van der Waals surface area contributed by atoms with Gasteiger partial charge in [-0.2, -0.15) is 0 Å². The van der Waals surface area contributed by atoms with Gasteiger partial charge < -0.3 is 9.84 Å². The number of aliphatic hydroxyl groups is 1. The van der Waals surface area contributed by atoms with Crippen molar-refractivity contribution in [3.63, 3.8) is 0 Å². The molecule has 0 radical (unpaired) electrons. The van der Waals surface area contributed by atoms with Crippen molar-refractivity contribution in [2.75, 3.05) is 0 Å². The molecule has 1 heterocycles. The van der Waals surface area contributed by atoms with Crippen molar-refractivity contribution in [1.29, 1.82) is 0 Å². The summed E-state index contributed by atoms with van der Waals surface area (Å²) in [6, 6.07) is 0. The molecule has 0 aromatic carbocycles. The SMILES string of the molecule is CC1(C)C2CCC1(C)[C@@]13O[C@H]1CC[C@@]3(O)C2=O. The number of hydrogen-bond donors (Lipinski definition) is 1. The van der Waals surface area contributed by atoms with Gasteiger partial charge in [0.15, 0.2) is 11.4 Å². The van der Waals surface area contributed by atoms with Gasteiger partial charge in [-0.15, -0.1) is 0 Å². The smallest absolute Gasteiger partial charge is 0.171 e. The Morgan fingerprint density at radius 1 is 1.24 bits per heavy atom. The number of epoxide rings is 1. The summed E-state index contributed by atoms with van der Waals surface area (Å²) in [5.74, 6) is 0.0866. The molecule has 0 amide bonds. The summed E-state index contributed by atoms with van der Waals surface area (Å²) in [7, 11) is 0. The Bertz CT molecular complexity index is 443. The third kappa shape index (κ3) is 0.712. The van der Waals surface area contributed by atoms with Crippen LogP contribution in [0, 0.1) is 16.7 Å². The summed E-state index contributed by atoms with van der Waals surface area (Å²) in [6.45, 7) is 6.61. The number of carbonyl (C=O) groups is 1. The zero-order valence-electron chi connectivity index (χ0n) is 10.7. The Morgan fingerprint density at radius 3 is 2.59 bits per heavy atom. The molecule has 2 bridgehead atoms. The molecule has 5 atom stereocenters. The van der Waals surface area contributed by atoms with Crippen LogP contribution < -0.4 is 0 Å². The molecule has 17 heavy (non-hydrogen) atoms. The second-order valence-electron chi connectivity index (χ2n) is 7.25. The number of carbonyl (C=O) groups excluding carboxylic acids is 1. The normalized spacial score (nSPS) is 62.2. The van der Waals surface area contributed by atoms with Crippen molar-refractivity contribution in [3.05, 3.63) is 0 Å². The van der Waals surface area contributed by atoms with E-state index >= 15 is 0 Å². The first-order chi connectivity index (χ1) is 7.81. The van der Waals surface area contributed by atoms with E-state index in [1.807, 2.05) is 0 Å². The molecule has 1 aliphatic heterocycles. The molecule has 3 heteroatoms. The van der Waals surface area contributed by atoms with E-state index in [0.717, 1.165) is 19.3 Å². The molecule has 0 aromatic rings. The number of ether oxygens (including phenoxy) is 1. The van der Waals surface area contributed by atoms with Gasteiger partial charge in [0, 0.05) is 11.3 Å². The second kappa shape index (κ2) is 2.35. The van der Waals surface area contributed by atoms with Crippen molar-refractivity contribution in [2.24, 2.45) is 16.7 Å². The van der Waals surface area contributed by atoms with Gasteiger partial charge >= 0.3 is 0 Å². The Labute approximate surface area is 102 Å². The minimum atomic E-state index is -1.18. The molecule has 1 saturated heterocycles. The molecule has 1 spiro atoms. The lowest BCUT2D eigenvalue weighted by molar-refractivity contribution is -0.185. The Morgan fingerprint density at radius 2 is 1.94 bits per heavy atom. The fourth-order valence-corrected chi connectivity index (χ4v) is 5.50. The maximum Gasteiger partial charge on any atom is 0.171 e. The summed E-state index contributed by atoms with van der Waals surface area (Å²) >= 11 is 0. The highest BCUT2D eigenvalue weighted by molar-refractivity contribution is 5.95. The maximum atomic E-state index is 12.6. The first-order valence-corrected chi connectivity index (χ1v) is 6.76. The number of rotatable bonds is 0. The van der Waals surface area contributed by atoms with E-state index in [-0.39, 0.29) is 28.6 Å². The topological polar surface area (TPSA) is 49.8 Å². The predicted octanol–water partition coefficient (Wildman–Crippen LogP) is 1.67. The van der Waals surface area contributed by atoms with Crippen LogP contribution in [0.5, 0.6) is 0 Å². The monoisotopic (exact) mass is 236 g/mol. The summed E-state index contributed by atoms with van der Waals surface area (Å²) in [5, 5.41) is 10.9. The van der Waals surface area contributed by atoms with Crippen molar-refractivity contribution in [3.8, 4) is 0 Å². The lowest BCUT2D eigenvalue weighted by Crippen LogP contribution is -2.67. The first kappa shape index (κ1) is 10.5. The largest absolute Gasteiger partial charge is 0.379 e. The van der Waals surface area contributed by atoms with Crippen LogP contribution in [0.3, 0.4) is 0 Å². The van der Waals surface area contributed by atoms with Crippen LogP contribution in [-0.2, 0) is 9.53 Å². The van der Waals surface area contributed by atoms with Crippen molar-refractivity contribution >= 4 is 5.78 Å². The van der Waals surface area contributed by atoms with E-state index in [0.29, 0.717) is 6.42 Å². The van der Waals surface area contributed by atoms with E-state index in [1.54, 1.807) is 0 Å². The average molecular weight is 236 g/mol. The second-order valence-corrected chi connectivity index (χ2v) is 7.25. The van der Waals surface area contributed by atoms with Gasteiger partial charge in [0.05, 0.1) is 6.10 Å². The van der Waals surface area contributed by atoms with Gasteiger partial charge in [0.2, 0.25) is 0 Å². The molecule has 2 unspecified atom stereocenters. The van der Waals surface area contributed by atoms with Crippen molar-refractivity contribution in [1.82, 2.24) is 0 Å². The highest BCUT2D eigenvalue weighted by atomic mass is 16.6.